The molecule has 0 aliphatic heterocycles. The molecule has 1 radical (unpaired) electrons. The molecule has 2 nitrogen and oxygen atoms in total. The Bertz CT molecular complexity index is 173. The second-order valence-electron chi connectivity index (χ2n) is 3.12. The first-order valence-electron chi connectivity index (χ1n) is 4.60. The van der Waals surface area contributed by atoms with E-state index in [9.17, 15) is 4.79 Å². The third-order valence-corrected chi connectivity index (χ3v) is 2.30. The molecule has 0 spiro atoms. The first kappa shape index (κ1) is 9.30. The predicted molar refractivity (Wildman–Crippen MR) is 47.4 cm³/mol. The second-order valence-corrected chi connectivity index (χ2v) is 3.12. The molecule has 1 rings (SSSR count). The van der Waals surface area contributed by atoms with Crippen LogP contribution >= 0.6 is 0 Å². The van der Waals surface area contributed by atoms with Crippen molar-refractivity contribution in [3.05, 3.63) is 11.6 Å². The maximum atomic E-state index is 10.0. The van der Waals surface area contributed by atoms with Crippen LogP contribution in [0.25, 0.3) is 0 Å². The molecule has 0 amide bonds. The smallest absolute Gasteiger partial charge is 0.418 e. The van der Waals surface area contributed by atoms with Crippen molar-refractivity contribution < 1.29 is 9.53 Å². The zero-order chi connectivity index (χ0) is 8.81. The van der Waals surface area contributed by atoms with Crippen LogP contribution in [0.3, 0.4) is 0 Å². The van der Waals surface area contributed by atoms with Crippen LogP contribution in [0, 0.1) is 0 Å². The number of hydrogen-bond acceptors (Lipinski definition) is 2. The first-order chi connectivity index (χ1) is 5.88. The standard InChI is InChI=1S/C10H15O2/c1-2-10(12-8-11)9-6-4-3-5-7-9/h6,10H,2-5,7H2,1H3. The van der Waals surface area contributed by atoms with Gasteiger partial charge in [0.2, 0.25) is 0 Å². The molecule has 0 saturated heterocycles. The van der Waals surface area contributed by atoms with E-state index < -0.39 is 0 Å². The lowest BCUT2D eigenvalue weighted by Crippen LogP contribution is -2.15. The highest BCUT2D eigenvalue weighted by Gasteiger charge is 2.14. The van der Waals surface area contributed by atoms with Crippen LogP contribution in [-0.4, -0.2) is 12.6 Å². The summed E-state index contributed by atoms with van der Waals surface area (Å²) >= 11 is 0. The molecule has 12 heavy (non-hydrogen) atoms. The monoisotopic (exact) mass is 167 g/mol. The van der Waals surface area contributed by atoms with Crippen LogP contribution in [-0.2, 0) is 9.53 Å². The van der Waals surface area contributed by atoms with Crippen molar-refractivity contribution in [3.8, 4) is 0 Å². The van der Waals surface area contributed by atoms with E-state index in [4.69, 9.17) is 4.74 Å². The molecular weight excluding hydrogens is 152 g/mol. The molecule has 1 aliphatic rings. The van der Waals surface area contributed by atoms with Gasteiger partial charge in [0.15, 0.2) is 0 Å². The van der Waals surface area contributed by atoms with Gasteiger partial charge in [-0.15, -0.1) is 0 Å². The Morgan fingerprint density at radius 3 is 3.00 bits per heavy atom. The third kappa shape index (κ3) is 2.36. The van der Waals surface area contributed by atoms with Gasteiger partial charge in [0.1, 0.15) is 6.10 Å². The predicted octanol–water partition coefficient (Wildman–Crippen LogP) is 2.35. The minimum Gasteiger partial charge on any atom is -0.449 e. The van der Waals surface area contributed by atoms with Crippen molar-refractivity contribution in [2.45, 2.75) is 45.1 Å². The van der Waals surface area contributed by atoms with Crippen molar-refractivity contribution >= 4 is 6.47 Å². The Hall–Kier alpha value is -0.790. The number of allylic oxidation sites excluding steroid dienone is 1. The van der Waals surface area contributed by atoms with Crippen molar-refractivity contribution in [2.24, 2.45) is 0 Å². The van der Waals surface area contributed by atoms with Crippen LogP contribution in [0.4, 0.5) is 0 Å². The molecule has 0 aromatic carbocycles. The van der Waals surface area contributed by atoms with E-state index in [1.807, 2.05) is 6.92 Å². The van der Waals surface area contributed by atoms with Gasteiger partial charge in [-0.2, -0.15) is 0 Å². The normalized spacial score (nSPS) is 19.6. The Morgan fingerprint density at radius 2 is 2.50 bits per heavy atom. The van der Waals surface area contributed by atoms with Crippen molar-refractivity contribution in [1.82, 2.24) is 0 Å². The molecule has 0 saturated carbocycles. The molecule has 1 unspecified atom stereocenters. The number of hydrogen-bond donors (Lipinski definition) is 0. The zero-order valence-electron chi connectivity index (χ0n) is 7.51. The molecule has 1 atom stereocenters. The molecule has 0 heterocycles. The molecule has 0 bridgehead atoms. The Kier molecular flexibility index (Phi) is 3.85. The van der Waals surface area contributed by atoms with E-state index in [0.717, 1.165) is 19.3 Å². The lowest BCUT2D eigenvalue weighted by atomic mass is 9.94. The number of rotatable bonds is 4. The largest absolute Gasteiger partial charge is 0.449 e. The van der Waals surface area contributed by atoms with Crippen LogP contribution in [0.5, 0.6) is 0 Å². The Morgan fingerprint density at radius 1 is 1.67 bits per heavy atom. The van der Waals surface area contributed by atoms with E-state index in [2.05, 4.69) is 6.08 Å². The van der Waals surface area contributed by atoms with Crippen LogP contribution in [0.2, 0.25) is 0 Å². The zero-order valence-corrected chi connectivity index (χ0v) is 7.51. The average molecular weight is 167 g/mol. The van der Waals surface area contributed by atoms with Crippen LogP contribution in [0.1, 0.15) is 39.0 Å². The van der Waals surface area contributed by atoms with Gasteiger partial charge in [-0.1, -0.05) is 13.0 Å². The van der Waals surface area contributed by atoms with E-state index in [0.29, 0.717) is 0 Å². The Balaban J connectivity index is 2.50. The number of ether oxygens (including phenoxy) is 1. The summed E-state index contributed by atoms with van der Waals surface area (Å²) in [6.07, 6.45) is 7.77. The highest BCUT2D eigenvalue weighted by atomic mass is 16.5. The lowest BCUT2D eigenvalue weighted by molar-refractivity contribution is 0.198. The second kappa shape index (κ2) is 4.96. The molecule has 2 heteroatoms. The van der Waals surface area contributed by atoms with E-state index in [-0.39, 0.29) is 6.10 Å². The van der Waals surface area contributed by atoms with E-state index >= 15 is 0 Å². The minimum absolute atomic E-state index is 0.0113. The van der Waals surface area contributed by atoms with Crippen molar-refractivity contribution in [3.63, 3.8) is 0 Å². The summed E-state index contributed by atoms with van der Waals surface area (Å²) in [7, 11) is 0. The summed E-state index contributed by atoms with van der Waals surface area (Å²) in [5.41, 5.74) is 1.28. The van der Waals surface area contributed by atoms with E-state index in [1.54, 1.807) is 0 Å². The third-order valence-electron chi connectivity index (χ3n) is 2.30. The lowest BCUT2D eigenvalue weighted by Gasteiger charge is -2.19. The maximum Gasteiger partial charge on any atom is 0.418 e. The highest BCUT2D eigenvalue weighted by molar-refractivity contribution is 5.39. The Labute approximate surface area is 73.6 Å². The first-order valence-corrected chi connectivity index (χ1v) is 4.60. The molecule has 0 aromatic heterocycles. The molecular formula is C10H15O2. The van der Waals surface area contributed by atoms with Crippen molar-refractivity contribution in [2.75, 3.05) is 0 Å². The van der Waals surface area contributed by atoms with Gasteiger partial charge >= 0.3 is 6.47 Å². The molecule has 67 valence electrons. The van der Waals surface area contributed by atoms with Gasteiger partial charge in [-0.25, -0.2) is 4.79 Å². The van der Waals surface area contributed by atoms with Gasteiger partial charge in [-0.05, 0) is 37.7 Å². The quantitative estimate of drug-likeness (QED) is 0.601. The van der Waals surface area contributed by atoms with Gasteiger partial charge in [0.05, 0.1) is 0 Å². The van der Waals surface area contributed by atoms with Crippen molar-refractivity contribution in [1.29, 1.82) is 0 Å². The fourth-order valence-electron chi connectivity index (χ4n) is 1.63. The summed E-state index contributed by atoms with van der Waals surface area (Å²) in [5.74, 6) is 0. The topological polar surface area (TPSA) is 26.3 Å². The fraction of sp³-hybridized carbons (Fsp3) is 0.700. The van der Waals surface area contributed by atoms with Gasteiger partial charge in [0.25, 0.3) is 0 Å². The van der Waals surface area contributed by atoms with Crippen LogP contribution in [0.15, 0.2) is 11.6 Å². The molecule has 1 aliphatic carbocycles. The summed E-state index contributed by atoms with van der Waals surface area (Å²) in [5, 5.41) is 0. The fourth-order valence-corrected chi connectivity index (χ4v) is 1.63. The summed E-state index contributed by atoms with van der Waals surface area (Å²) in [6.45, 7) is 3.55. The summed E-state index contributed by atoms with van der Waals surface area (Å²) in [6, 6.07) is 0. The van der Waals surface area contributed by atoms with Gasteiger partial charge in [0, 0.05) is 0 Å². The summed E-state index contributed by atoms with van der Waals surface area (Å²) < 4.78 is 4.86. The minimum atomic E-state index is -0.0113. The molecule has 0 aromatic rings. The van der Waals surface area contributed by atoms with Gasteiger partial charge < -0.3 is 4.74 Å². The molecule has 0 N–H and O–H groups in total. The van der Waals surface area contributed by atoms with Gasteiger partial charge in [-0.3, -0.25) is 0 Å². The average Bonchev–Trinajstić information content (AvgIpc) is 2.15. The number of carbonyl (C=O) groups excluding carboxylic acids is 1. The summed E-state index contributed by atoms with van der Waals surface area (Å²) in [4.78, 5) is 10.0. The maximum absolute atomic E-state index is 10.0. The highest BCUT2D eigenvalue weighted by Crippen LogP contribution is 2.23. The van der Waals surface area contributed by atoms with E-state index in [1.165, 1.54) is 24.9 Å². The van der Waals surface area contributed by atoms with Crippen LogP contribution < -0.4 is 0 Å². The molecule has 0 fully saturated rings. The SMILES string of the molecule is CCC(O[C]=O)C1=CCCCC1.